The number of amides is 1. The van der Waals surface area contributed by atoms with Gasteiger partial charge in [0.15, 0.2) is 12.4 Å². The van der Waals surface area contributed by atoms with E-state index in [0.717, 1.165) is 77.0 Å². The van der Waals surface area contributed by atoms with Crippen molar-refractivity contribution in [1.82, 2.24) is 5.32 Å². The molecule has 0 bridgehead atoms. The number of ether oxygens (including phenoxy) is 3. The molecule has 6 N–H and O–H groups in total. The van der Waals surface area contributed by atoms with Crippen molar-refractivity contribution in [2.45, 2.75) is 378 Å². The molecule has 1 heterocycles. The molecule has 1 aliphatic rings. The quantitative estimate of drug-likeness (QED) is 0.0195. The topological polar surface area (TPSA) is 175 Å². The van der Waals surface area contributed by atoms with Gasteiger partial charge in [0, 0.05) is 6.42 Å². The first kappa shape index (κ1) is 77.6. The molecule has 1 aliphatic heterocycles. The molecule has 0 aromatic carbocycles. The van der Waals surface area contributed by atoms with E-state index in [1.807, 2.05) is 6.08 Å². The third kappa shape index (κ3) is 45.9. The molecule has 0 aromatic heterocycles. The van der Waals surface area contributed by atoms with Crippen LogP contribution >= 0.6 is 0 Å². The fourth-order valence-corrected chi connectivity index (χ4v) is 11.0. The smallest absolute Gasteiger partial charge is 0.306 e. The van der Waals surface area contributed by atoms with Crippen molar-refractivity contribution in [2.75, 3.05) is 13.2 Å². The number of rotatable bonds is 60. The van der Waals surface area contributed by atoms with Gasteiger partial charge in [0.05, 0.1) is 25.4 Å². The van der Waals surface area contributed by atoms with E-state index in [-0.39, 0.29) is 19.4 Å². The van der Waals surface area contributed by atoms with Crippen LogP contribution < -0.4 is 5.32 Å². The lowest BCUT2D eigenvalue weighted by Crippen LogP contribution is -2.61. The number of allylic oxidation sites excluding steroid dienone is 7. The van der Waals surface area contributed by atoms with Gasteiger partial charge in [-0.05, 0) is 64.2 Å². The molecular formula is C71H131NO10. The van der Waals surface area contributed by atoms with E-state index in [1.165, 1.54) is 205 Å². The second kappa shape index (κ2) is 59.0. The molecule has 11 nitrogen and oxygen atoms in total. The monoisotopic (exact) mass is 1160 g/mol. The number of carbonyl (C=O) groups excluding carboxylic acids is 2. The zero-order chi connectivity index (χ0) is 59.6. The Morgan fingerprint density at radius 1 is 0.476 bits per heavy atom. The van der Waals surface area contributed by atoms with Crippen molar-refractivity contribution in [3.63, 3.8) is 0 Å². The summed E-state index contributed by atoms with van der Waals surface area (Å²) in [6.45, 7) is 5.80. The highest BCUT2D eigenvalue weighted by Crippen LogP contribution is 2.26. The lowest BCUT2D eigenvalue weighted by atomic mass is 9.99. The van der Waals surface area contributed by atoms with Gasteiger partial charge in [-0.2, -0.15) is 0 Å². The van der Waals surface area contributed by atoms with Crippen LogP contribution in [-0.4, -0.2) is 99.6 Å². The summed E-state index contributed by atoms with van der Waals surface area (Å²) in [5.74, 6) is -1.19. The van der Waals surface area contributed by atoms with Gasteiger partial charge in [-0.1, -0.05) is 307 Å². The highest BCUT2D eigenvalue weighted by molar-refractivity contribution is 5.80. The van der Waals surface area contributed by atoms with E-state index in [0.29, 0.717) is 12.8 Å². The molecule has 0 radical (unpaired) electrons. The fraction of sp³-hybridized carbons (Fsp3) is 0.859. The molecule has 1 saturated heterocycles. The van der Waals surface area contributed by atoms with Crippen LogP contribution in [0.2, 0.25) is 0 Å². The Kier molecular flexibility index (Phi) is 55.8. The van der Waals surface area contributed by atoms with Crippen LogP contribution in [0.4, 0.5) is 0 Å². The Morgan fingerprint density at radius 3 is 1.28 bits per heavy atom. The Bertz CT molecular complexity index is 1520. The van der Waals surface area contributed by atoms with Gasteiger partial charge >= 0.3 is 5.97 Å². The van der Waals surface area contributed by atoms with E-state index in [4.69, 9.17) is 14.2 Å². The number of nitrogens with one attached hydrogen (secondary N) is 1. The minimum absolute atomic E-state index is 0.128. The first-order valence-electron chi connectivity index (χ1n) is 34.9. The van der Waals surface area contributed by atoms with Gasteiger partial charge in [0.1, 0.15) is 24.4 Å². The highest BCUT2D eigenvalue weighted by atomic mass is 16.7. The number of unbranched alkanes of at least 4 members (excludes halogenated alkanes) is 40. The summed E-state index contributed by atoms with van der Waals surface area (Å²) in [4.78, 5) is 26.7. The first-order valence-corrected chi connectivity index (χ1v) is 34.9. The predicted octanol–water partition coefficient (Wildman–Crippen LogP) is 17.6. The molecule has 1 fully saturated rings. The molecule has 0 aliphatic carbocycles. The second-order valence-electron chi connectivity index (χ2n) is 24.3. The molecule has 1 rings (SSSR count). The molecule has 8 atom stereocenters. The maximum absolute atomic E-state index is 13.5. The van der Waals surface area contributed by atoms with Crippen molar-refractivity contribution in [1.29, 1.82) is 0 Å². The molecule has 0 aromatic rings. The van der Waals surface area contributed by atoms with E-state index < -0.39 is 67.4 Å². The van der Waals surface area contributed by atoms with Crippen LogP contribution in [0.15, 0.2) is 48.6 Å². The summed E-state index contributed by atoms with van der Waals surface area (Å²) in [7, 11) is 0. The summed E-state index contributed by atoms with van der Waals surface area (Å²) >= 11 is 0. The third-order valence-electron chi connectivity index (χ3n) is 16.5. The van der Waals surface area contributed by atoms with Crippen LogP contribution in [0.25, 0.3) is 0 Å². The van der Waals surface area contributed by atoms with E-state index in [2.05, 4.69) is 62.5 Å². The Morgan fingerprint density at radius 2 is 0.841 bits per heavy atom. The number of hydrogen-bond acceptors (Lipinski definition) is 10. The molecule has 82 heavy (non-hydrogen) atoms. The minimum Gasteiger partial charge on any atom is -0.454 e. The molecule has 8 unspecified atom stereocenters. The zero-order valence-electron chi connectivity index (χ0n) is 53.4. The SMILES string of the molecule is CCCCC/C=C\C/C=C\C/C=C\CCCCCCCCCCCC(O)C(=O)NC(COC1OC(CO)C(O)C(O)C1OC(=O)CCCCCCCCCCCCCCCCCCCCC)C(O)/C=C/CCCCCCCCCCCC. The van der Waals surface area contributed by atoms with E-state index in [1.54, 1.807) is 6.08 Å². The summed E-state index contributed by atoms with van der Waals surface area (Å²) in [6.07, 6.45) is 62.9. The normalized spacial score (nSPS) is 18.9. The average Bonchev–Trinajstić information content (AvgIpc) is 3.68. The Hall–Kier alpha value is -2.38. The van der Waals surface area contributed by atoms with Crippen LogP contribution in [0.1, 0.15) is 329 Å². The molecule has 0 spiro atoms. The number of carbonyl (C=O) groups is 2. The second-order valence-corrected chi connectivity index (χ2v) is 24.3. The van der Waals surface area contributed by atoms with Gasteiger partial charge < -0.3 is 45.1 Å². The summed E-state index contributed by atoms with van der Waals surface area (Å²) < 4.78 is 17.7. The molecule has 1 amide bonds. The maximum atomic E-state index is 13.5. The highest BCUT2D eigenvalue weighted by Gasteiger charge is 2.47. The van der Waals surface area contributed by atoms with Crippen molar-refractivity contribution >= 4 is 11.9 Å². The zero-order valence-corrected chi connectivity index (χ0v) is 53.4. The minimum atomic E-state index is -1.61. The van der Waals surface area contributed by atoms with Gasteiger partial charge in [-0.3, -0.25) is 9.59 Å². The molecule has 0 saturated carbocycles. The standard InChI is InChI=1S/C71H131NO10/c1-4-7-10-13-16-19-22-25-27-29-31-32-33-35-36-38-40-43-46-49-52-55-58-64(75)70(79)72-62(63(74)57-54-51-48-45-42-24-21-18-15-12-9-6-3)61-80-71-69(68(78)67(77)65(60-73)81-71)82-66(76)59-56-53-50-47-44-41-39-37-34-30-28-26-23-20-17-14-11-8-5-2/h16,19,25,27,31-32,54,57,62-65,67-69,71,73-75,77-78H,4-15,17-18,20-24,26,28-30,33-53,55-56,58-61H2,1-3H3,(H,72,79)/b19-16-,27-25-,32-31-,57-54+. The molecule has 480 valence electrons. The first-order chi connectivity index (χ1) is 40.2. The number of esters is 1. The number of aliphatic hydroxyl groups is 5. The van der Waals surface area contributed by atoms with Crippen LogP contribution in [0, 0.1) is 0 Å². The van der Waals surface area contributed by atoms with Crippen molar-refractivity contribution in [2.24, 2.45) is 0 Å². The van der Waals surface area contributed by atoms with Gasteiger partial charge in [-0.25, -0.2) is 0 Å². The van der Waals surface area contributed by atoms with Crippen LogP contribution in [0.3, 0.4) is 0 Å². The van der Waals surface area contributed by atoms with Gasteiger partial charge in [0.2, 0.25) is 5.91 Å². The van der Waals surface area contributed by atoms with Crippen LogP contribution in [-0.2, 0) is 23.8 Å². The van der Waals surface area contributed by atoms with Crippen molar-refractivity contribution < 1.29 is 49.3 Å². The van der Waals surface area contributed by atoms with Gasteiger partial charge in [-0.15, -0.1) is 0 Å². The lowest BCUT2D eigenvalue weighted by Gasteiger charge is -2.41. The number of hydrogen-bond donors (Lipinski definition) is 6. The summed E-state index contributed by atoms with van der Waals surface area (Å²) in [6, 6.07) is -1.03. The average molecular weight is 1160 g/mol. The van der Waals surface area contributed by atoms with E-state index >= 15 is 0 Å². The van der Waals surface area contributed by atoms with Gasteiger partial charge in [0.25, 0.3) is 0 Å². The van der Waals surface area contributed by atoms with Crippen molar-refractivity contribution in [3.05, 3.63) is 48.6 Å². The Labute approximate surface area is 504 Å². The Balaban J connectivity index is 2.60. The lowest BCUT2D eigenvalue weighted by molar-refractivity contribution is -0.305. The van der Waals surface area contributed by atoms with E-state index in [9.17, 15) is 35.1 Å². The molecule has 11 heteroatoms. The maximum Gasteiger partial charge on any atom is 0.306 e. The molecular weight excluding hydrogens is 1030 g/mol. The van der Waals surface area contributed by atoms with Crippen LogP contribution in [0.5, 0.6) is 0 Å². The predicted molar refractivity (Wildman–Crippen MR) is 343 cm³/mol. The number of aliphatic hydroxyl groups excluding tert-OH is 5. The summed E-state index contributed by atoms with van der Waals surface area (Å²) in [5, 5.41) is 57.2. The third-order valence-corrected chi connectivity index (χ3v) is 16.5. The summed E-state index contributed by atoms with van der Waals surface area (Å²) in [5.41, 5.74) is 0. The largest absolute Gasteiger partial charge is 0.454 e. The van der Waals surface area contributed by atoms with Crippen molar-refractivity contribution in [3.8, 4) is 0 Å². The fourth-order valence-electron chi connectivity index (χ4n) is 11.0.